The number of carbonyl (C=O) groups excluding carboxylic acids is 1. The van der Waals surface area contributed by atoms with E-state index < -0.39 is 15.1 Å². The minimum Gasteiger partial charge on any atom is -0.387 e. The summed E-state index contributed by atoms with van der Waals surface area (Å²) >= 11 is 5.89. The van der Waals surface area contributed by atoms with Crippen molar-refractivity contribution >= 4 is 33.0 Å². The molecule has 2 N–H and O–H groups in total. The predicted octanol–water partition coefficient (Wildman–Crippen LogP) is 1.69. The predicted molar refractivity (Wildman–Crippen MR) is 80.1 cm³/mol. The van der Waals surface area contributed by atoms with Crippen LogP contribution in [0.25, 0.3) is 0 Å². The number of carbonyl (C=O) groups is 1. The van der Waals surface area contributed by atoms with Crippen LogP contribution in [0, 0.1) is 0 Å². The van der Waals surface area contributed by atoms with Crippen LogP contribution >= 0.6 is 11.6 Å². The highest BCUT2D eigenvalue weighted by Crippen LogP contribution is 2.21. The van der Waals surface area contributed by atoms with Crippen LogP contribution in [0.3, 0.4) is 0 Å². The molecule has 1 unspecified atom stereocenters. The summed E-state index contributed by atoms with van der Waals surface area (Å²) in [5, 5.41) is 5.58. The minimum absolute atomic E-state index is 0.150. The Morgan fingerprint density at radius 2 is 2.20 bits per heavy atom. The molecule has 1 aromatic carbocycles. The highest BCUT2D eigenvalue weighted by molar-refractivity contribution is 7.92. The van der Waals surface area contributed by atoms with Gasteiger partial charge >= 0.3 is 0 Å². The molecule has 1 saturated heterocycles. The first-order valence-corrected chi connectivity index (χ1v) is 8.50. The van der Waals surface area contributed by atoms with Crippen molar-refractivity contribution in [2.45, 2.75) is 18.1 Å². The molecule has 5 nitrogen and oxygen atoms in total. The summed E-state index contributed by atoms with van der Waals surface area (Å²) in [6.45, 7) is 0.150. The molecule has 0 bridgehead atoms. The van der Waals surface area contributed by atoms with Gasteiger partial charge < -0.3 is 10.6 Å². The van der Waals surface area contributed by atoms with E-state index in [0.717, 1.165) is 0 Å². The van der Waals surface area contributed by atoms with E-state index in [1.54, 1.807) is 25.2 Å². The average molecular weight is 317 g/mol. The standard InChI is InChI=1S/C13H17ClN2O3S/c1-15-12-5-4-9(14)7-11(12)13(17)16-8-10-3-2-6-20(10,18)19/h4-5,7,10,15H,2-3,6,8H2,1H3,(H,16,17). The summed E-state index contributed by atoms with van der Waals surface area (Å²) < 4.78 is 23.4. The fourth-order valence-electron chi connectivity index (χ4n) is 2.31. The van der Waals surface area contributed by atoms with Gasteiger partial charge in [0.05, 0.1) is 16.6 Å². The summed E-state index contributed by atoms with van der Waals surface area (Å²) in [5.74, 6) is -0.106. The van der Waals surface area contributed by atoms with Crippen molar-refractivity contribution < 1.29 is 13.2 Å². The third-order valence-corrected chi connectivity index (χ3v) is 5.96. The monoisotopic (exact) mass is 316 g/mol. The molecule has 1 amide bonds. The largest absolute Gasteiger partial charge is 0.387 e. The lowest BCUT2D eigenvalue weighted by atomic mass is 10.1. The Hall–Kier alpha value is -1.27. The number of halogens is 1. The van der Waals surface area contributed by atoms with Crippen molar-refractivity contribution in [1.82, 2.24) is 5.32 Å². The van der Waals surface area contributed by atoms with E-state index in [9.17, 15) is 13.2 Å². The SMILES string of the molecule is CNc1ccc(Cl)cc1C(=O)NCC1CCCS1(=O)=O. The Morgan fingerprint density at radius 3 is 2.80 bits per heavy atom. The lowest BCUT2D eigenvalue weighted by Crippen LogP contribution is -2.34. The Bertz CT molecular complexity index is 616. The third-order valence-electron chi connectivity index (χ3n) is 3.45. The van der Waals surface area contributed by atoms with Gasteiger partial charge in [0.25, 0.3) is 5.91 Å². The van der Waals surface area contributed by atoms with Gasteiger partial charge in [-0.3, -0.25) is 4.79 Å². The molecule has 1 fully saturated rings. The van der Waals surface area contributed by atoms with Crippen LogP contribution in [0.5, 0.6) is 0 Å². The normalized spacial score (nSPS) is 20.6. The smallest absolute Gasteiger partial charge is 0.253 e. The highest BCUT2D eigenvalue weighted by atomic mass is 35.5. The minimum atomic E-state index is -3.05. The number of sulfone groups is 1. The van der Waals surface area contributed by atoms with E-state index in [4.69, 9.17) is 11.6 Å². The van der Waals surface area contributed by atoms with E-state index in [1.807, 2.05) is 0 Å². The second-order valence-corrected chi connectivity index (χ2v) is 7.62. The number of hydrogen-bond acceptors (Lipinski definition) is 4. The highest BCUT2D eigenvalue weighted by Gasteiger charge is 2.31. The van der Waals surface area contributed by atoms with Gasteiger partial charge in [0, 0.05) is 24.3 Å². The molecule has 0 aliphatic carbocycles. The fraction of sp³-hybridized carbons (Fsp3) is 0.462. The van der Waals surface area contributed by atoms with Crippen LogP contribution in [0.4, 0.5) is 5.69 Å². The molecule has 1 atom stereocenters. The average Bonchev–Trinajstić information content (AvgIpc) is 2.75. The topological polar surface area (TPSA) is 75.3 Å². The number of hydrogen-bond donors (Lipinski definition) is 2. The van der Waals surface area contributed by atoms with E-state index in [-0.39, 0.29) is 18.2 Å². The Morgan fingerprint density at radius 1 is 1.45 bits per heavy atom. The van der Waals surface area contributed by atoms with Crippen LogP contribution in [-0.4, -0.2) is 38.9 Å². The molecule has 110 valence electrons. The molecule has 1 aliphatic rings. The molecular weight excluding hydrogens is 300 g/mol. The van der Waals surface area contributed by atoms with Crippen LogP contribution in [0.1, 0.15) is 23.2 Å². The van der Waals surface area contributed by atoms with Crippen molar-refractivity contribution in [3.8, 4) is 0 Å². The Kier molecular flexibility index (Phi) is 4.55. The molecule has 0 spiro atoms. The van der Waals surface area contributed by atoms with Gasteiger partial charge in [-0.2, -0.15) is 0 Å². The maximum absolute atomic E-state index is 12.1. The number of nitrogens with one attached hydrogen (secondary N) is 2. The zero-order chi connectivity index (χ0) is 14.8. The van der Waals surface area contributed by atoms with E-state index >= 15 is 0 Å². The molecule has 0 aromatic heterocycles. The molecular formula is C13H17ClN2O3S. The lowest BCUT2D eigenvalue weighted by molar-refractivity contribution is 0.0954. The third kappa shape index (κ3) is 3.24. The van der Waals surface area contributed by atoms with Crippen molar-refractivity contribution in [3.05, 3.63) is 28.8 Å². The van der Waals surface area contributed by atoms with Gasteiger partial charge in [0.1, 0.15) is 0 Å². The number of benzene rings is 1. The maximum atomic E-state index is 12.1. The van der Waals surface area contributed by atoms with E-state index in [0.29, 0.717) is 29.1 Å². The number of anilines is 1. The molecule has 1 aliphatic heterocycles. The first-order valence-electron chi connectivity index (χ1n) is 6.41. The van der Waals surface area contributed by atoms with Crippen molar-refractivity contribution in [1.29, 1.82) is 0 Å². The Labute approximate surface area is 123 Å². The van der Waals surface area contributed by atoms with Gasteiger partial charge in [-0.1, -0.05) is 11.6 Å². The second kappa shape index (κ2) is 6.01. The molecule has 0 radical (unpaired) electrons. The van der Waals surface area contributed by atoms with Crippen LogP contribution in [0.2, 0.25) is 5.02 Å². The summed E-state index contributed by atoms with van der Waals surface area (Å²) in [6.07, 6.45) is 1.28. The Balaban J connectivity index is 2.07. The number of amides is 1. The lowest BCUT2D eigenvalue weighted by Gasteiger charge is -2.13. The molecule has 0 saturated carbocycles. The summed E-state index contributed by atoms with van der Waals surface area (Å²) in [6, 6.07) is 4.96. The van der Waals surface area contributed by atoms with Gasteiger partial charge in [-0.25, -0.2) is 8.42 Å². The summed E-state index contributed by atoms with van der Waals surface area (Å²) in [7, 11) is -1.34. The zero-order valence-corrected chi connectivity index (χ0v) is 12.7. The van der Waals surface area contributed by atoms with Crippen LogP contribution in [-0.2, 0) is 9.84 Å². The van der Waals surface area contributed by atoms with Gasteiger partial charge in [-0.05, 0) is 31.0 Å². The zero-order valence-electron chi connectivity index (χ0n) is 11.1. The van der Waals surface area contributed by atoms with Crippen molar-refractivity contribution in [2.24, 2.45) is 0 Å². The van der Waals surface area contributed by atoms with Crippen LogP contribution < -0.4 is 10.6 Å². The fourth-order valence-corrected chi connectivity index (χ4v) is 4.25. The number of rotatable bonds is 4. The summed E-state index contributed by atoms with van der Waals surface area (Å²) in [5.41, 5.74) is 1.07. The van der Waals surface area contributed by atoms with Crippen molar-refractivity contribution in [3.63, 3.8) is 0 Å². The molecule has 1 heterocycles. The second-order valence-electron chi connectivity index (χ2n) is 4.78. The first-order chi connectivity index (χ1) is 9.44. The first kappa shape index (κ1) is 15.1. The maximum Gasteiger partial charge on any atom is 0.253 e. The van der Waals surface area contributed by atoms with Crippen molar-refractivity contribution in [2.75, 3.05) is 24.7 Å². The molecule has 20 heavy (non-hydrogen) atoms. The molecule has 7 heteroatoms. The van der Waals surface area contributed by atoms with Gasteiger partial charge in [0.2, 0.25) is 0 Å². The van der Waals surface area contributed by atoms with E-state index in [1.165, 1.54) is 0 Å². The summed E-state index contributed by atoms with van der Waals surface area (Å²) in [4.78, 5) is 12.1. The van der Waals surface area contributed by atoms with Gasteiger partial charge in [-0.15, -0.1) is 0 Å². The van der Waals surface area contributed by atoms with Crippen LogP contribution in [0.15, 0.2) is 18.2 Å². The molecule has 2 rings (SSSR count). The van der Waals surface area contributed by atoms with E-state index in [2.05, 4.69) is 10.6 Å². The molecule has 1 aromatic rings. The van der Waals surface area contributed by atoms with Gasteiger partial charge in [0.15, 0.2) is 9.84 Å². The quantitative estimate of drug-likeness (QED) is 0.886.